The summed E-state index contributed by atoms with van der Waals surface area (Å²) in [7, 11) is 0. The number of aliphatic hydroxyl groups is 1. The molecule has 2 nitrogen and oxygen atoms in total. The van der Waals surface area contributed by atoms with Crippen molar-refractivity contribution in [3.63, 3.8) is 0 Å². The summed E-state index contributed by atoms with van der Waals surface area (Å²) in [6.07, 6.45) is 0.437. The van der Waals surface area contributed by atoms with Crippen LogP contribution in [0.15, 0.2) is 17.5 Å². The van der Waals surface area contributed by atoms with Crippen LogP contribution in [-0.4, -0.2) is 34.7 Å². The Kier molecular flexibility index (Phi) is 4.96. The second-order valence-electron chi connectivity index (χ2n) is 4.63. The molecule has 0 spiro atoms. The topological polar surface area (TPSA) is 23.5 Å². The summed E-state index contributed by atoms with van der Waals surface area (Å²) in [5.74, 6) is 0. The normalized spacial score (nSPS) is 14.4. The van der Waals surface area contributed by atoms with E-state index in [4.69, 9.17) is 0 Å². The van der Waals surface area contributed by atoms with Gasteiger partial charge in [-0.2, -0.15) is 0 Å². The van der Waals surface area contributed by atoms with Crippen molar-refractivity contribution in [3.05, 3.63) is 22.4 Å². The zero-order valence-corrected chi connectivity index (χ0v) is 11.5. The first kappa shape index (κ1) is 13.7. The van der Waals surface area contributed by atoms with Crippen molar-refractivity contribution >= 4 is 11.3 Å². The third-order valence-electron chi connectivity index (χ3n) is 3.37. The lowest BCUT2D eigenvalue weighted by atomic mass is 9.92. The number of nitrogens with zero attached hydrogens (tertiary/aromatic N) is 1. The van der Waals surface area contributed by atoms with Crippen LogP contribution in [0.1, 0.15) is 32.6 Å². The van der Waals surface area contributed by atoms with Crippen LogP contribution in [0.3, 0.4) is 0 Å². The molecule has 0 aliphatic rings. The van der Waals surface area contributed by atoms with Crippen LogP contribution in [0.2, 0.25) is 0 Å². The van der Waals surface area contributed by atoms with E-state index in [-0.39, 0.29) is 11.6 Å². The van der Waals surface area contributed by atoms with Gasteiger partial charge in [-0.1, -0.05) is 19.9 Å². The molecule has 0 saturated carbocycles. The minimum atomic E-state index is -0.314. The summed E-state index contributed by atoms with van der Waals surface area (Å²) in [5, 5.41) is 12.4. The van der Waals surface area contributed by atoms with E-state index in [2.05, 4.69) is 44.0 Å². The fourth-order valence-electron chi connectivity index (χ4n) is 2.12. The zero-order valence-electron chi connectivity index (χ0n) is 10.7. The monoisotopic (exact) mass is 241 g/mol. The van der Waals surface area contributed by atoms with Gasteiger partial charge in [-0.25, -0.2) is 0 Å². The molecule has 0 amide bonds. The summed E-state index contributed by atoms with van der Waals surface area (Å²) in [6, 6.07) is 4.13. The van der Waals surface area contributed by atoms with Crippen molar-refractivity contribution < 1.29 is 5.11 Å². The predicted molar refractivity (Wildman–Crippen MR) is 71.0 cm³/mol. The maximum absolute atomic E-state index is 10.3. The average Bonchev–Trinajstić information content (AvgIpc) is 2.71. The number of likely N-dealkylation sites (N-methyl/N-ethyl adjacent to an activating group) is 1. The van der Waals surface area contributed by atoms with Gasteiger partial charge in [0.25, 0.3) is 0 Å². The van der Waals surface area contributed by atoms with E-state index in [0.29, 0.717) is 0 Å². The van der Waals surface area contributed by atoms with Crippen molar-refractivity contribution in [2.75, 3.05) is 13.1 Å². The van der Waals surface area contributed by atoms with Gasteiger partial charge in [-0.15, -0.1) is 11.3 Å². The van der Waals surface area contributed by atoms with Gasteiger partial charge >= 0.3 is 0 Å². The van der Waals surface area contributed by atoms with Gasteiger partial charge < -0.3 is 5.11 Å². The first-order valence-corrected chi connectivity index (χ1v) is 6.85. The summed E-state index contributed by atoms with van der Waals surface area (Å²) in [6.45, 7) is 10.5. The van der Waals surface area contributed by atoms with Crippen LogP contribution >= 0.6 is 11.3 Å². The molecule has 1 heterocycles. The molecule has 1 N–H and O–H groups in total. The number of thiophene rings is 1. The molecule has 1 aromatic heterocycles. The Hall–Kier alpha value is -0.380. The maximum Gasteiger partial charge on any atom is 0.0766 e. The van der Waals surface area contributed by atoms with Crippen LogP contribution in [0, 0.1) is 0 Å². The van der Waals surface area contributed by atoms with E-state index in [1.54, 1.807) is 11.3 Å². The highest BCUT2D eigenvalue weighted by molar-refractivity contribution is 7.09. The zero-order chi connectivity index (χ0) is 12.2. The van der Waals surface area contributed by atoms with Gasteiger partial charge in [-0.05, 0) is 38.4 Å². The molecule has 16 heavy (non-hydrogen) atoms. The lowest BCUT2D eigenvalue weighted by Gasteiger charge is -2.40. The highest BCUT2D eigenvalue weighted by Gasteiger charge is 2.32. The predicted octanol–water partition coefficient (Wildman–Crippen LogP) is 2.77. The minimum absolute atomic E-state index is 0.159. The third-order valence-corrected chi connectivity index (χ3v) is 4.27. The fraction of sp³-hybridized carbons (Fsp3) is 0.692. The molecule has 1 aromatic rings. The summed E-state index contributed by atoms with van der Waals surface area (Å²) in [5.41, 5.74) is -0.159. The highest BCUT2D eigenvalue weighted by atomic mass is 32.1. The summed E-state index contributed by atoms with van der Waals surface area (Å²) >= 11 is 1.72. The fourth-order valence-corrected chi connectivity index (χ4v) is 2.86. The molecule has 92 valence electrons. The van der Waals surface area contributed by atoms with Crippen molar-refractivity contribution in [1.82, 2.24) is 4.90 Å². The highest BCUT2D eigenvalue weighted by Crippen LogP contribution is 2.23. The average molecular weight is 241 g/mol. The molecule has 3 heteroatoms. The van der Waals surface area contributed by atoms with Gasteiger partial charge in [0.1, 0.15) is 0 Å². The number of hydrogen-bond acceptors (Lipinski definition) is 3. The second kappa shape index (κ2) is 5.80. The van der Waals surface area contributed by atoms with E-state index in [1.165, 1.54) is 4.88 Å². The minimum Gasteiger partial charge on any atom is -0.391 e. The molecular weight excluding hydrogens is 218 g/mol. The van der Waals surface area contributed by atoms with Crippen molar-refractivity contribution in [3.8, 4) is 0 Å². The van der Waals surface area contributed by atoms with Gasteiger partial charge in [-0.3, -0.25) is 4.90 Å². The van der Waals surface area contributed by atoms with Gasteiger partial charge in [0.2, 0.25) is 0 Å². The maximum atomic E-state index is 10.3. The number of hydrogen-bond donors (Lipinski definition) is 1. The number of rotatable bonds is 6. The Bertz CT molecular complexity index is 291. The Labute approximate surface area is 103 Å². The molecule has 0 fully saturated rings. The molecule has 0 aromatic carbocycles. The van der Waals surface area contributed by atoms with Crippen LogP contribution in [0.4, 0.5) is 0 Å². The first-order valence-electron chi connectivity index (χ1n) is 5.97. The molecule has 0 radical (unpaired) electrons. The van der Waals surface area contributed by atoms with Crippen molar-refractivity contribution in [1.29, 1.82) is 0 Å². The van der Waals surface area contributed by atoms with E-state index >= 15 is 0 Å². The van der Waals surface area contributed by atoms with Crippen LogP contribution in [0.25, 0.3) is 0 Å². The summed E-state index contributed by atoms with van der Waals surface area (Å²) < 4.78 is 0. The molecule has 0 saturated heterocycles. The molecule has 0 bridgehead atoms. The van der Waals surface area contributed by atoms with Gasteiger partial charge in [0, 0.05) is 16.8 Å². The van der Waals surface area contributed by atoms with Crippen LogP contribution in [-0.2, 0) is 6.42 Å². The van der Waals surface area contributed by atoms with E-state index < -0.39 is 0 Å². The standard InChI is InChI=1S/C13H23NOS/c1-5-14(6-2)13(3,4)12(15)10-11-8-7-9-16-11/h7-9,12,15H,5-6,10H2,1-4H3. The Morgan fingerprint density at radius 2 is 2.00 bits per heavy atom. The molecule has 1 atom stereocenters. The third kappa shape index (κ3) is 3.06. The van der Waals surface area contributed by atoms with Crippen LogP contribution < -0.4 is 0 Å². The molecule has 0 aliphatic carbocycles. The second-order valence-corrected chi connectivity index (χ2v) is 5.66. The van der Waals surface area contributed by atoms with Crippen molar-refractivity contribution in [2.24, 2.45) is 0 Å². The summed E-state index contributed by atoms with van der Waals surface area (Å²) in [4.78, 5) is 3.57. The molecule has 1 rings (SSSR count). The Morgan fingerprint density at radius 3 is 2.44 bits per heavy atom. The quantitative estimate of drug-likeness (QED) is 0.828. The van der Waals surface area contributed by atoms with Gasteiger partial charge in [0.15, 0.2) is 0 Å². The van der Waals surface area contributed by atoms with E-state index in [0.717, 1.165) is 19.5 Å². The van der Waals surface area contributed by atoms with Crippen LogP contribution in [0.5, 0.6) is 0 Å². The molecular formula is C13H23NOS. The smallest absolute Gasteiger partial charge is 0.0766 e. The first-order chi connectivity index (χ1) is 7.52. The SMILES string of the molecule is CCN(CC)C(C)(C)C(O)Cc1cccs1. The van der Waals surface area contributed by atoms with E-state index in [1.807, 2.05) is 6.07 Å². The molecule has 1 unspecified atom stereocenters. The van der Waals surface area contributed by atoms with Gasteiger partial charge in [0.05, 0.1) is 6.10 Å². The lowest BCUT2D eigenvalue weighted by molar-refractivity contribution is -0.00373. The molecule has 0 aliphatic heterocycles. The number of aliphatic hydroxyl groups excluding tert-OH is 1. The van der Waals surface area contributed by atoms with Crippen molar-refractivity contribution in [2.45, 2.75) is 45.8 Å². The Balaban J connectivity index is 2.67. The lowest BCUT2D eigenvalue weighted by Crippen LogP contribution is -2.53. The Morgan fingerprint density at radius 1 is 1.38 bits per heavy atom. The van der Waals surface area contributed by atoms with E-state index in [9.17, 15) is 5.11 Å². The largest absolute Gasteiger partial charge is 0.391 e.